The average Bonchev–Trinajstić information content (AvgIpc) is 3.43. The fourth-order valence-corrected chi connectivity index (χ4v) is 4.41. The minimum Gasteiger partial charge on any atom is -0.493 e. The Kier molecular flexibility index (Phi) is 7.65. The summed E-state index contributed by atoms with van der Waals surface area (Å²) in [5, 5.41) is 7.19. The van der Waals surface area contributed by atoms with Crippen molar-refractivity contribution in [2.45, 2.75) is 25.9 Å². The largest absolute Gasteiger partial charge is 0.493 e. The van der Waals surface area contributed by atoms with Crippen LogP contribution in [0.1, 0.15) is 34.3 Å². The molecule has 2 aromatic carbocycles. The first-order chi connectivity index (χ1) is 18.8. The number of amides is 1. The number of hydrogen-bond donors (Lipinski definition) is 1. The van der Waals surface area contributed by atoms with Gasteiger partial charge in [0, 0.05) is 54.2 Å². The Labute approximate surface area is 223 Å². The summed E-state index contributed by atoms with van der Waals surface area (Å²) in [6.45, 7) is 4.01. The molecule has 7 nitrogen and oxygen atoms in total. The number of nitrogens with one attached hydrogen (secondary N) is 1. The standard InChI is InChI=1S/C29H27F3N4O3/c1-19-5-6-24(35-28(37)21-3-2-4-23(13-21)29(30,31)32)14-26(19)36-17-22(15-34-36)25-16-33-10-7-27(25)39-18-20-8-11-38-12-9-20/h2-7,10,13-17,20H,8-9,11-12,18H2,1H3,(H,35,37). The Balaban J connectivity index is 1.34. The van der Waals surface area contributed by atoms with Gasteiger partial charge in [0.25, 0.3) is 5.91 Å². The number of alkyl halides is 3. The lowest BCUT2D eigenvalue weighted by Crippen LogP contribution is -2.21. The molecular formula is C29H27F3N4O3. The maximum Gasteiger partial charge on any atom is 0.416 e. The smallest absolute Gasteiger partial charge is 0.416 e. The minimum absolute atomic E-state index is 0.0850. The van der Waals surface area contributed by atoms with Gasteiger partial charge in [0.05, 0.1) is 24.1 Å². The van der Waals surface area contributed by atoms with Crippen molar-refractivity contribution in [3.8, 4) is 22.6 Å². The molecule has 1 amide bonds. The van der Waals surface area contributed by atoms with Gasteiger partial charge in [-0.15, -0.1) is 0 Å². The Morgan fingerprint density at radius 2 is 1.95 bits per heavy atom. The van der Waals surface area contributed by atoms with Gasteiger partial charge >= 0.3 is 6.18 Å². The van der Waals surface area contributed by atoms with Crippen molar-refractivity contribution in [3.05, 3.63) is 90.0 Å². The van der Waals surface area contributed by atoms with Gasteiger partial charge in [-0.3, -0.25) is 9.78 Å². The molecule has 4 aromatic rings. The molecule has 1 aliphatic rings. The summed E-state index contributed by atoms with van der Waals surface area (Å²) in [5.41, 5.74) is 2.68. The van der Waals surface area contributed by atoms with Gasteiger partial charge in [-0.25, -0.2) is 4.68 Å². The molecular weight excluding hydrogens is 509 g/mol. The highest BCUT2D eigenvalue weighted by molar-refractivity contribution is 6.04. The molecule has 1 fully saturated rings. The summed E-state index contributed by atoms with van der Waals surface area (Å²) in [4.78, 5) is 17.0. The number of ether oxygens (including phenoxy) is 2. The first-order valence-electron chi connectivity index (χ1n) is 12.6. The third kappa shape index (κ3) is 6.28. The molecule has 10 heteroatoms. The number of nitrogens with zero attached hydrogens (tertiary/aromatic N) is 3. The number of aryl methyl sites for hydroxylation is 1. The molecule has 0 spiro atoms. The highest BCUT2D eigenvalue weighted by atomic mass is 19.4. The number of pyridine rings is 1. The van der Waals surface area contributed by atoms with Crippen molar-refractivity contribution in [1.29, 1.82) is 0 Å². The van der Waals surface area contributed by atoms with E-state index in [1.165, 1.54) is 12.1 Å². The molecule has 0 bridgehead atoms. The second-order valence-corrected chi connectivity index (χ2v) is 9.45. The monoisotopic (exact) mass is 536 g/mol. The minimum atomic E-state index is -4.53. The van der Waals surface area contributed by atoms with Gasteiger partial charge in [0.15, 0.2) is 0 Å². The summed E-state index contributed by atoms with van der Waals surface area (Å²) < 4.78 is 52.5. The van der Waals surface area contributed by atoms with Crippen molar-refractivity contribution in [2.24, 2.45) is 5.92 Å². The summed E-state index contributed by atoms with van der Waals surface area (Å²) in [5.74, 6) is 0.521. The van der Waals surface area contributed by atoms with Gasteiger partial charge in [-0.05, 0) is 67.6 Å². The Morgan fingerprint density at radius 1 is 1.13 bits per heavy atom. The fourth-order valence-electron chi connectivity index (χ4n) is 4.41. The third-order valence-electron chi connectivity index (χ3n) is 6.66. The Hall–Kier alpha value is -4.18. The summed E-state index contributed by atoms with van der Waals surface area (Å²) in [6, 6.07) is 11.4. The van der Waals surface area contributed by atoms with Gasteiger partial charge < -0.3 is 14.8 Å². The van der Waals surface area contributed by atoms with Crippen molar-refractivity contribution < 1.29 is 27.4 Å². The number of carbonyl (C=O) groups is 1. The molecule has 3 heterocycles. The summed E-state index contributed by atoms with van der Waals surface area (Å²) in [7, 11) is 0. The molecule has 1 saturated heterocycles. The van der Waals surface area contributed by atoms with Crippen molar-refractivity contribution >= 4 is 11.6 Å². The van der Waals surface area contributed by atoms with Gasteiger partial charge in [0.1, 0.15) is 5.75 Å². The number of halogens is 3. The molecule has 0 radical (unpaired) electrons. The maximum atomic E-state index is 13.1. The average molecular weight is 537 g/mol. The van der Waals surface area contributed by atoms with E-state index in [0.29, 0.717) is 23.9 Å². The van der Waals surface area contributed by atoms with Crippen LogP contribution in [0.5, 0.6) is 5.75 Å². The highest BCUT2D eigenvalue weighted by Gasteiger charge is 2.31. The Morgan fingerprint density at radius 3 is 2.74 bits per heavy atom. The molecule has 1 aliphatic heterocycles. The normalized spacial score (nSPS) is 14.3. The second kappa shape index (κ2) is 11.3. The van der Waals surface area contributed by atoms with Crippen molar-refractivity contribution in [1.82, 2.24) is 14.8 Å². The van der Waals surface area contributed by atoms with Crippen molar-refractivity contribution in [3.63, 3.8) is 0 Å². The van der Waals surface area contributed by atoms with E-state index in [-0.39, 0.29) is 5.56 Å². The molecule has 0 aliphatic carbocycles. The van der Waals surface area contributed by atoms with E-state index in [1.54, 1.807) is 35.4 Å². The van der Waals surface area contributed by atoms with Crippen molar-refractivity contribution in [2.75, 3.05) is 25.1 Å². The zero-order chi connectivity index (χ0) is 27.4. The first-order valence-corrected chi connectivity index (χ1v) is 12.6. The van der Waals surface area contributed by atoms with E-state index < -0.39 is 17.6 Å². The number of benzene rings is 2. The van der Waals surface area contributed by atoms with Gasteiger partial charge in [-0.2, -0.15) is 18.3 Å². The van der Waals surface area contributed by atoms with E-state index in [1.807, 2.05) is 25.3 Å². The lowest BCUT2D eigenvalue weighted by atomic mass is 10.0. The first kappa shape index (κ1) is 26.4. The number of anilines is 1. The predicted molar refractivity (Wildman–Crippen MR) is 140 cm³/mol. The maximum absolute atomic E-state index is 13.1. The lowest BCUT2D eigenvalue weighted by molar-refractivity contribution is -0.137. The molecule has 0 unspecified atom stereocenters. The van der Waals surface area contributed by atoms with Crippen LogP contribution in [-0.4, -0.2) is 40.5 Å². The van der Waals surface area contributed by atoms with Crippen LogP contribution in [-0.2, 0) is 10.9 Å². The van der Waals surface area contributed by atoms with E-state index in [0.717, 1.165) is 60.6 Å². The van der Waals surface area contributed by atoms with E-state index in [9.17, 15) is 18.0 Å². The molecule has 5 rings (SSSR count). The number of rotatable bonds is 7. The van der Waals surface area contributed by atoms with Crippen LogP contribution in [0.15, 0.2) is 73.3 Å². The SMILES string of the molecule is Cc1ccc(NC(=O)c2cccc(C(F)(F)F)c2)cc1-n1cc(-c2cnccc2OCC2CCOCC2)cn1. The molecule has 0 saturated carbocycles. The van der Waals surface area contributed by atoms with Crippen LogP contribution in [0.25, 0.3) is 16.8 Å². The number of carbonyl (C=O) groups excluding carboxylic acids is 1. The summed E-state index contributed by atoms with van der Waals surface area (Å²) >= 11 is 0. The topological polar surface area (TPSA) is 78.3 Å². The van der Waals surface area contributed by atoms with Crippen LogP contribution in [0, 0.1) is 12.8 Å². The van der Waals surface area contributed by atoms with Crippen LogP contribution in [0.3, 0.4) is 0 Å². The number of aromatic nitrogens is 3. The molecule has 1 N–H and O–H groups in total. The predicted octanol–water partition coefficient (Wildman–Crippen LogP) is 6.32. The van der Waals surface area contributed by atoms with Crippen LogP contribution < -0.4 is 10.1 Å². The molecule has 0 atom stereocenters. The van der Waals surface area contributed by atoms with E-state index >= 15 is 0 Å². The van der Waals surface area contributed by atoms with Crippen LogP contribution in [0.2, 0.25) is 0 Å². The molecule has 39 heavy (non-hydrogen) atoms. The van der Waals surface area contributed by atoms with Gasteiger partial charge in [-0.1, -0.05) is 12.1 Å². The quantitative estimate of drug-likeness (QED) is 0.299. The molecule has 202 valence electrons. The van der Waals surface area contributed by atoms with Crippen LogP contribution >= 0.6 is 0 Å². The third-order valence-corrected chi connectivity index (χ3v) is 6.66. The number of hydrogen-bond acceptors (Lipinski definition) is 5. The van der Waals surface area contributed by atoms with Gasteiger partial charge in [0.2, 0.25) is 0 Å². The zero-order valence-electron chi connectivity index (χ0n) is 21.2. The fraction of sp³-hybridized carbons (Fsp3) is 0.276. The van der Waals surface area contributed by atoms with E-state index in [2.05, 4.69) is 15.4 Å². The Bertz CT molecular complexity index is 1460. The highest BCUT2D eigenvalue weighted by Crippen LogP contribution is 2.32. The summed E-state index contributed by atoms with van der Waals surface area (Å²) in [6.07, 6.45) is 4.39. The molecule has 2 aromatic heterocycles. The zero-order valence-corrected chi connectivity index (χ0v) is 21.2. The second-order valence-electron chi connectivity index (χ2n) is 9.45. The lowest BCUT2D eigenvalue weighted by Gasteiger charge is -2.22. The van der Waals surface area contributed by atoms with E-state index in [4.69, 9.17) is 9.47 Å². The van der Waals surface area contributed by atoms with Crippen LogP contribution in [0.4, 0.5) is 18.9 Å².